The van der Waals surface area contributed by atoms with Gasteiger partial charge in [-0.05, 0) is 17.5 Å². The molecule has 6 nitrogen and oxygen atoms in total. The quantitative estimate of drug-likeness (QED) is 0.674. The van der Waals surface area contributed by atoms with Crippen LogP contribution in [-0.4, -0.2) is 46.4 Å². The zero-order chi connectivity index (χ0) is 19.9. The molecular formula is C23H26N4O2. The minimum Gasteiger partial charge on any atom is -0.366 e. The van der Waals surface area contributed by atoms with Crippen molar-refractivity contribution in [2.45, 2.75) is 25.6 Å². The Kier molecular flexibility index (Phi) is 6.34. The van der Waals surface area contributed by atoms with Gasteiger partial charge in [-0.3, -0.25) is 9.69 Å². The summed E-state index contributed by atoms with van der Waals surface area (Å²) in [6.45, 7) is 3.49. The fourth-order valence-corrected chi connectivity index (χ4v) is 3.55. The molecule has 0 spiro atoms. The molecule has 0 aliphatic carbocycles. The fourth-order valence-electron chi connectivity index (χ4n) is 3.55. The molecule has 1 N–H and O–H groups in total. The van der Waals surface area contributed by atoms with E-state index in [4.69, 9.17) is 4.74 Å². The molecule has 1 saturated heterocycles. The minimum atomic E-state index is -0.482. The van der Waals surface area contributed by atoms with E-state index in [2.05, 4.69) is 39.6 Å². The summed E-state index contributed by atoms with van der Waals surface area (Å²) in [6, 6.07) is 22.4. The van der Waals surface area contributed by atoms with Crippen LogP contribution in [0.4, 0.5) is 5.82 Å². The van der Waals surface area contributed by atoms with E-state index in [0.717, 1.165) is 19.5 Å². The highest BCUT2D eigenvalue weighted by Gasteiger charge is 2.27. The molecule has 6 heteroatoms. The lowest BCUT2D eigenvalue weighted by molar-refractivity contribution is -0.133. The van der Waals surface area contributed by atoms with Crippen molar-refractivity contribution in [3.05, 3.63) is 84.1 Å². The standard InChI is InChI=1S/C23H26N4O2/c28-23(21-18-26(15-16-29-21)17-20-9-5-2-6-10-20)25-22-11-13-24-27(22)14-12-19-7-3-1-4-8-19/h1-11,13,21H,12,14-18H2,(H,25,28). The summed E-state index contributed by atoms with van der Waals surface area (Å²) in [4.78, 5) is 15.0. The van der Waals surface area contributed by atoms with E-state index < -0.39 is 6.10 Å². The molecule has 2 aromatic carbocycles. The third kappa shape index (κ3) is 5.31. The number of anilines is 1. The highest BCUT2D eigenvalue weighted by atomic mass is 16.5. The van der Waals surface area contributed by atoms with Gasteiger partial charge in [-0.15, -0.1) is 0 Å². The van der Waals surface area contributed by atoms with E-state index in [0.29, 0.717) is 25.5 Å². The predicted molar refractivity (Wildman–Crippen MR) is 112 cm³/mol. The van der Waals surface area contributed by atoms with Crippen LogP contribution < -0.4 is 5.32 Å². The minimum absolute atomic E-state index is 0.121. The summed E-state index contributed by atoms with van der Waals surface area (Å²) >= 11 is 0. The van der Waals surface area contributed by atoms with Crippen molar-refractivity contribution in [3.63, 3.8) is 0 Å². The maximum absolute atomic E-state index is 12.8. The zero-order valence-electron chi connectivity index (χ0n) is 16.4. The number of hydrogen-bond acceptors (Lipinski definition) is 4. The number of nitrogens with zero attached hydrogens (tertiary/aromatic N) is 3. The number of carbonyl (C=O) groups is 1. The van der Waals surface area contributed by atoms with Crippen LogP contribution in [0.5, 0.6) is 0 Å². The molecule has 1 fully saturated rings. The third-order valence-electron chi connectivity index (χ3n) is 5.11. The van der Waals surface area contributed by atoms with Crippen LogP contribution in [0.1, 0.15) is 11.1 Å². The van der Waals surface area contributed by atoms with Gasteiger partial charge >= 0.3 is 0 Å². The Labute approximate surface area is 171 Å². The average molecular weight is 390 g/mol. The van der Waals surface area contributed by atoms with Crippen LogP contribution in [0.25, 0.3) is 0 Å². The molecule has 0 saturated carbocycles. The molecule has 1 atom stereocenters. The van der Waals surface area contributed by atoms with Crippen molar-refractivity contribution in [2.75, 3.05) is 25.0 Å². The van der Waals surface area contributed by atoms with Gasteiger partial charge in [0.25, 0.3) is 5.91 Å². The van der Waals surface area contributed by atoms with Crippen LogP contribution in [0, 0.1) is 0 Å². The summed E-state index contributed by atoms with van der Waals surface area (Å²) in [7, 11) is 0. The van der Waals surface area contributed by atoms with Crippen molar-refractivity contribution in [1.82, 2.24) is 14.7 Å². The van der Waals surface area contributed by atoms with Crippen LogP contribution in [0.2, 0.25) is 0 Å². The Morgan fingerprint density at radius 3 is 2.52 bits per heavy atom. The number of ether oxygens (including phenoxy) is 1. The largest absolute Gasteiger partial charge is 0.366 e. The summed E-state index contributed by atoms with van der Waals surface area (Å²) in [5, 5.41) is 7.34. The van der Waals surface area contributed by atoms with Crippen LogP contribution in [0.3, 0.4) is 0 Å². The maximum Gasteiger partial charge on any atom is 0.255 e. The van der Waals surface area contributed by atoms with Gasteiger partial charge in [0, 0.05) is 32.2 Å². The number of aromatic nitrogens is 2. The summed E-state index contributed by atoms with van der Waals surface area (Å²) < 4.78 is 7.57. The fraction of sp³-hybridized carbons (Fsp3) is 0.304. The van der Waals surface area contributed by atoms with E-state index in [1.807, 2.05) is 47.1 Å². The van der Waals surface area contributed by atoms with Crippen LogP contribution in [-0.2, 0) is 29.0 Å². The first-order valence-corrected chi connectivity index (χ1v) is 10.0. The summed E-state index contributed by atoms with van der Waals surface area (Å²) in [5.41, 5.74) is 2.49. The monoisotopic (exact) mass is 390 g/mol. The van der Waals surface area contributed by atoms with Gasteiger partial charge < -0.3 is 10.1 Å². The van der Waals surface area contributed by atoms with Crippen molar-refractivity contribution >= 4 is 11.7 Å². The molecule has 4 rings (SSSR count). The van der Waals surface area contributed by atoms with Gasteiger partial charge in [0.1, 0.15) is 11.9 Å². The number of aryl methyl sites for hydroxylation is 2. The highest BCUT2D eigenvalue weighted by Crippen LogP contribution is 2.14. The molecule has 1 aromatic heterocycles. The molecule has 1 aliphatic heterocycles. The Hall–Kier alpha value is -2.96. The van der Waals surface area contributed by atoms with E-state index in [9.17, 15) is 4.79 Å². The van der Waals surface area contributed by atoms with Gasteiger partial charge in [0.15, 0.2) is 0 Å². The molecule has 0 bridgehead atoms. The lowest BCUT2D eigenvalue weighted by Gasteiger charge is -2.32. The maximum atomic E-state index is 12.8. The SMILES string of the molecule is O=C(Nc1ccnn1CCc1ccccc1)C1CN(Cc2ccccc2)CCO1. The van der Waals surface area contributed by atoms with Crippen molar-refractivity contribution < 1.29 is 9.53 Å². The first-order chi connectivity index (χ1) is 14.3. The number of amides is 1. The van der Waals surface area contributed by atoms with E-state index in [1.165, 1.54) is 11.1 Å². The van der Waals surface area contributed by atoms with Crippen LogP contribution >= 0.6 is 0 Å². The van der Waals surface area contributed by atoms with Gasteiger partial charge in [-0.1, -0.05) is 60.7 Å². The third-order valence-corrected chi connectivity index (χ3v) is 5.11. The molecule has 0 radical (unpaired) electrons. The topological polar surface area (TPSA) is 59.4 Å². The van der Waals surface area contributed by atoms with E-state index >= 15 is 0 Å². The van der Waals surface area contributed by atoms with Crippen LogP contribution in [0.15, 0.2) is 72.9 Å². The number of benzene rings is 2. The lowest BCUT2D eigenvalue weighted by Crippen LogP contribution is -2.47. The molecule has 150 valence electrons. The Morgan fingerprint density at radius 2 is 1.76 bits per heavy atom. The normalized spacial score (nSPS) is 17.2. The number of nitrogens with one attached hydrogen (secondary N) is 1. The molecule has 3 aromatic rings. The second-order valence-electron chi connectivity index (χ2n) is 7.24. The number of morpholine rings is 1. The van der Waals surface area contributed by atoms with Gasteiger partial charge in [0.05, 0.1) is 12.8 Å². The summed E-state index contributed by atoms with van der Waals surface area (Å²) in [5.74, 6) is 0.582. The number of rotatable bonds is 7. The average Bonchev–Trinajstić information content (AvgIpc) is 3.21. The van der Waals surface area contributed by atoms with Gasteiger partial charge in [0.2, 0.25) is 0 Å². The first kappa shape index (κ1) is 19.4. The van der Waals surface area contributed by atoms with E-state index in [-0.39, 0.29) is 5.91 Å². The van der Waals surface area contributed by atoms with Gasteiger partial charge in [-0.2, -0.15) is 5.10 Å². The molecule has 1 amide bonds. The molecule has 29 heavy (non-hydrogen) atoms. The Balaban J connectivity index is 1.32. The van der Waals surface area contributed by atoms with Crippen molar-refractivity contribution in [3.8, 4) is 0 Å². The summed E-state index contributed by atoms with van der Waals surface area (Å²) in [6.07, 6.45) is 2.09. The Morgan fingerprint density at radius 1 is 1.03 bits per heavy atom. The van der Waals surface area contributed by atoms with Gasteiger partial charge in [-0.25, -0.2) is 4.68 Å². The van der Waals surface area contributed by atoms with Crippen molar-refractivity contribution in [2.24, 2.45) is 0 Å². The molecule has 1 aliphatic rings. The zero-order valence-corrected chi connectivity index (χ0v) is 16.4. The Bertz CT molecular complexity index is 911. The second-order valence-corrected chi connectivity index (χ2v) is 7.24. The van der Waals surface area contributed by atoms with Crippen molar-refractivity contribution in [1.29, 1.82) is 0 Å². The molecule has 2 heterocycles. The smallest absolute Gasteiger partial charge is 0.255 e. The molecular weight excluding hydrogens is 364 g/mol. The molecule has 1 unspecified atom stereocenters. The number of hydrogen-bond donors (Lipinski definition) is 1. The first-order valence-electron chi connectivity index (χ1n) is 10.0. The number of carbonyl (C=O) groups excluding carboxylic acids is 1. The lowest BCUT2D eigenvalue weighted by atomic mass is 10.1. The second kappa shape index (κ2) is 9.49. The highest BCUT2D eigenvalue weighted by molar-refractivity contribution is 5.93. The van der Waals surface area contributed by atoms with E-state index in [1.54, 1.807) is 6.20 Å². The predicted octanol–water partition coefficient (Wildman–Crippen LogP) is 2.97.